The van der Waals surface area contributed by atoms with Crippen LogP contribution in [0.3, 0.4) is 0 Å². The van der Waals surface area contributed by atoms with E-state index < -0.39 is 49.5 Å². The van der Waals surface area contributed by atoms with Gasteiger partial charge in [0.25, 0.3) is 0 Å². The fourth-order valence-electron chi connectivity index (χ4n) is 8.81. The summed E-state index contributed by atoms with van der Waals surface area (Å²) in [5, 5.41) is 54.1. The van der Waals surface area contributed by atoms with Crippen LogP contribution in [0, 0.1) is 0 Å². The van der Waals surface area contributed by atoms with E-state index >= 15 is 0 Å². The second-order valence-electron chi connectivity index (χ2n) is 19.0. The van der Waals surface area contributed by atoms with Crippen molar-refractivity contribution >= 4 is 5.91 Å². The van der Waals surface area contributed by atoms with Gasteiger partial charge in [-0.15, -0.1) is 0 Å². The normalized spacial score (nSPS) is 20.3. The van der Waals surface area contributed by atoms with Crippen LogP contribution in [0.25, 0.3) is 0 Å². The molecule has 1 aliphatic rings. The zero-order valence-electron chi connectivity index (χ0n) is 40.6. The van der Waals surface area contributed by atoms with Crippen molar-refractivity contribution in [2.75, 3.05) is 13.2 Å². The minimum Gasteiger partial charge on any atom is -0.394 e. The van der Waals surface area contributed by atoms with Gasteiger partial charge in [-0.25, -0.2) is 0 Å². The Morgan fingerprint density at radius 2 is 0.887 bits per heavy atom. The number of rotatable bonds is 46. The standard InChI is InChI=1S/C53H103NO8/c1-3-5-7-9-11-12-13-14-15-16-17-18-19-20-21-22-23-24-25-26-27-28-29-30-31-32-33-34-35-37-38-40-42-47(56)46(54-49(57)43-41-39-36-10-8-6-4-2)45-61-53-52(60)51(59)50(58)48(44-55)62-53/h40,42,46-48,50-53,55-56,58-60H,3-39,41,43-45H2,1-2H3,(H,54,57)/b42-40+. The van der Waals surface area contributed by atoms with Gasteiger partial charge in [-0.1, -0.05) is 251 Å². The number of aliphatic hydroxyl groups is 5. The Morgan fingerprint density at radius 1 is 0.532 bits per heavy atom. The van der Waals surface area contributed by atoms with Gasteiger partial charge in [0.1, 0.15) is 24.4 Å². The highest BCUT2D eigenvalue weighted by Gasteiger charge is 2.44. The number of hydrogen-bond donors (Lipinski definition) is 6. The molecule has 0 aromatic carbocycles. The monoisotopic (exact) mass is 882 g/mol. The number of nitrogens with one attached hydrogen (secondary N) is 1. The van der Waals surface area contributed by atoms with Crippen LogP contribution in [-0.2, 0) is 14.3 Å². The molecule has 1 fully saturated rings. The zero-order valence-corrected chi connectivity index (χ0v) is 40.6. The van der Waals surface area contributed by atoms with Crippen LogP contribution in [-0.4, -0.2) is 87.5 Å². The maximum Gasteiger partial charge on any atom is 0.220 e. The van der Waals surface area contributed by atoms with Gasteiger partial charge >= 0.3 is 0 Å². The zero-order chi connectivity index (χ0) is 45.1. The summed E-state index contributed by atoms with van der Waals surface area (Å²) in [7, 11) is 0. The average Bonchev–Trinajstić information content (AvgIpc) is 3.27. The Kier molecular flexibility index (Phi) is 41.6. The van der Waals surface area contributed by atoms with Crippen LogP contribution in [0.15, 0.2) is 12.2 Å². The van der Waals surface area contributed by atoms with E-state index in [2.05, 4.69) is 19.2 Å². The van der Waals surface area contributed by atoms with Crippen LogP contribution >= 0.6 is 0 Å². The fraction of sp³-hybridized carbons (Fsp3) is 0.943. The first-order valence-electron chi connectivity index (χ1n) is 26.9. The highest BCUT2D eigenvalue weighted by atomic mass is 16.7. The summed E-state index contributed by atoms with van der Waals surface area (Å²) in [5.74, 6) is -0.181. The minimum atomic E-state index is -1.56. The summed E-state index contributed by atoms with van der Waals surface area (Å²) in [5.41, 5.74) is 0. The number of carbonyl (C=O) groups is 1. The molecule has 7 unspecified atom stereocenters. The predicted molar refractivity (Wildman–Crippen MR) is 258 cm³/mol. The van der Waals surface area contributed by atoms with Gasteiger partial charge in [-0.05, 0) is 19.3 Å². The second-order valence-corrected chi connectivity index (χ2v) is 19.0. The lowest BCUT2D eigenvalue weighted by Gasteiger charge is -2.40. The van der Waals surface area contributed by atoms with E-state index in [0.29, 0.717) is 6.42 Å². The molecule has 0 aromatic heterocycles. The van der Waals surface area contributed by atoms with Gasteiger partial charge in [0.15, 0.2) is 6.29 Å². The van der Waals surface area contributed by atoms with Crippen molar-refractivity contribution in [3.8, 4) is 0 Å². The van der Waals surface area contributed by atoms with Crippen LogP contribution in [0.4, 0.5) is 0 Å². The van der Waals surface area contributed by atoms with Crippen LogP contribution < -0.4 is 5.32 Å². The Hall–Kier alpha value is -1.07. The summed E-state index contributed by atoms with van der Waals surface area (Å²) >= 11 is 0. The maximum atomic E-state index is 12.8. The lowest BCUT2D eigenvalue weighted by atomic mass is 9.99. The number of allylic oxidation sites excluding steroid dienone is 1. The van der Waals surface area contributed by atoms with Crippen molar-refractivity contribution in [1.29, 1.82) is 0 Å². The summed E-state index contributed by atoms with van der Waals surface area (Å²) in [4.78, 5) is 12.8. The third kappa shape index (κ3) is 33.4. The van der Waals surface area contributed by atoms with Gasteiger partial charge in [0, 0.05) is 6.42 Å². The Balaban J connectivity index is 2.07. The SMILES string of the molecule is CCCCCCCCCCCCCCCCCCCCCCCCCCCCCCCC/C=C/C(O)C(COC1OC(CO)C(O)C(O)C1O)NC(=O)CCCCCCCCC. The van der Waals surface area contributed by atoms with Gasteiger partial charge in [-0.2, -0.15) is 0 Å². The molecule has 368 valence electrons. The molecule has 0 saturated carbocycles. The van der Waals surface area contributed by atoms with E-state index in [0.717, 1.165) is 38.5 Å². The highest BCUT2D eigenvalue weighted by molar-refractivity contribution is 5.76. The predicted octanol–water partition coefficient (Wildman–Crippen LogP) is 12.5. The fourth-order valence-corrected chi connectivity index (χ4v) is 8.81. The largest absolute Gasteiger partial charge is 0.394 e. The molecule has 1 rings (SSSR count). The smallest absolute Gasteiger partial charge is 0.220 e. The first kappa shape index (κ1) is 58.9. The van der Waals surface area contributed by atoms with Gasteiger partial charge in [0.2, 0.25) is 5.91 Å². The number of unbranched alkanes of at least 4 members (excludes halogenated alkanes) is 36. The minimum absolute atomic E-state index is 0.181. The molecule has 0 aromatic rings. The third-order valence-electron chi connectivity index (χ3n) is 13.1. The van der Waals surface area contributed by atoms with Gasteiger partial charge < -0.3 is 40.3 Å². The molecule has 1 amide bonds. The third-order valence-corrected chi connectivity index (χ3v) is 13.1. The Bertz CT molecular complexity index is 981. The Labute approximate surface area is 382 Å². The van der Waals surface area contributed by atoms with E-state index in [-0.39, 0.29) is 12.5 Å². The molecule has 1 heterocycles. The first-order chi connectivity index (χ1) is 30.3. The van der Waals surface area contributed by atoms with Crippen molar-refractivity contribution in [3.63, 3.8) is 0 Å². The maximum absolute atomic E-state index is 12.8. The first-order valence-corrected chi connectivity index (χ1v) is 26.9. The molecule has 0 bridgehead atoms. The van der Waals surface area contributed by atoms with E-state index in [1.54, 1.807) is 6.08 Å². The van der Waals surface area contributed by atoms with E-state index in [1.165, 1.54) is 205 Å². The molecule has 0 spiro atoms. The van der Waals surface area contributed by atoms with Crippen molar-refractivity contribution in [2.24, 2.45) is 0 Å². The van der Waals surface area contributed by atoms with Crippen molar-refractivity contribution in [3.05, 3.63) is 12.2 Å². The molecular formula is C53H103NO8. The number of amides is 1. The Morgan fingerprint density at radius 3 is 1.26 bits per heavy atom. The van der Waals surface area contributed by atoms with Crippen molar-refractivity contribution in [2.45, 2.75) is 307 Å². The number of ether oxygens (including phenoxy) is 2. The molecule has 0 radical (unpaired) electrons. The van der Waals surface area contributed by atoms with Crippen molar-refractivity contribution in [1.82, 2.24) is 5.32 Å². The summed E-state index contributed by atoms with van der Waals surface area (Å²) in [6.07, 6.45) is 46.1. The van der Waals surface area contributed by atoms with E-state index in [1.807, 2.05) is 6.08 Å². The van der Waals surface area contributed by atoms with Gasteiger partial charge in [0.05, 0.1) is 25.4 Å². The molecule has 6 N–H and O–H groups in total. The molecule has 0 aliphatic carbocycles. The molecular weight excluding hydrogens is 779 g/mol. The number of aliphatic hydroxyl groups excluding tert-OH is 5. The van der Waals surface area contributed by atoms with Crippen molar-refractivity contribution < 1.29 is 39.8 Å². The number of hydrogen-bond acceptors (Lipinski definition) is 8. The summed E-state index contributed by atoms with van der Waals surface area (Å²) < 4.78 is 11.2. The van der Waals surface area contributed by atoms with Crippen LogP contribution in [0.5, 0.6) is 0 Å². The average molecular weight is 882 g/mol. The summed E-state index contributed by atoms with van der Waals surface area (Å²) in [6, 6.07) is -0.797. The lowest BCUT2D eigenvalue weighted by Crippen LogP contribution is -2.60. The highest BCUT2D eigenvalue weighted by Crippen LogP contribution is 2.23. The molecule has 1 aliphatic heterocycles. The van der Waals surface area contributed by atoms with Crippen LogP contribution in [0.1, 0.15) is 264 Å². The topological polar surface area (TPSA) is 149 Å². The molecule has 9 heteroatoms. The quantitative estimate of drug-likeness (QED) is 0.0261. The molecule has 7 atom stereocenters. The molecule has 62 heavy (non-hydrogen) atoms. The molecule has 9 nitrogen and oxygen atoms in total. The van der Waals surface area contributed by atoms with E-state index in [4.69, 9.17) is 9.47 Å². The van der Waals surface area contributed by atoms with Crippen LogP contribution in [0.2, 0.25) is 0 Å². The van der Waals surface area contributed by atoms with E-state index in [9.17, 15) is 30.3 Å². The summed E-state index contributed by atoms with van der Waals surface area (Å²) in [6.45, 7) is 3.74. The second kappa shape index (κ2) is 43.8. The van der Waals surface area contributed by atoms with Gasteiger partial charge in [-0.3, -0.25) is 4.79 Å². The number of carbonyl (C=O) groups excluding carboxylic acids is 1. The molecule has 1 saturated heterocycles. The lowest BCUT2D eigenvalue weighted by molar-refractivity contribution is -0.302.